The van der Waals surface area contributed by atoms with Crippen molar-refractivity contribution in [3.05, 3.63) is 65.5 Å². The zero-order valence-electron chi connectivity index (χ0n) is 21.6. The molecule has 2 N–H and O–H groups in total. The SMILES string of the molecule is COc1ccc(C(=O)N/C(=C/c2cn(C)c3ccccc23)C(=O)NCCCN2CCOCC2)cc1OC. The van der Waals surface area contributed by atoms with Crippen LogP contribution in [-0.4, -0.2) is 74.9 Å². The first-order chi connectivity index (χ1) is 18.0. The number of ether oxygens (including phenoxy) is 3. The van der Waals surface area contributed by atoms with Crippen LogP contribution in [-0.2, 0) is 16.6 Å². The summed E-state index contributed by atoms with van der Waals surface area (Å²) in [5, 5.41) is 6.76. The van der Waals surface area contributed by atoms with E-state index in [4.69, 9.17) is 14.2 Å². The number of fused-ring (bicyclic) bond motifs is 1. The number of rotatable bonds is 10. The summed E-state index contributed by atoms with van der Waals surface area (Å²) in [6.07, 6.45) is 4.47. The van der Waals surface area contributed by atoms with Gasteiger partial charge in [-0.25, -0.2) is 0 Å². The normalized spacial score (nSPS) is 14.4. The number of aryl methyl sites for hydroxylation is 1. The highest BCUT2D eigenvalue weighted by Gasteiger charge is 2.18. The lowest BCUT2D eigenvalue weighted by Gasteiger charge is -2.26. The van der Waals surface area contributed by atoms with Crippen molar-refractivity contribution in [2.75, 3.05) is 53.6 Å². The summed E-state index contributed by atoms with van der Waals surface area (Å²) in [7, 11) is 5.00. The number of nitrogens with zero attached hydrogens (tertiary/aromatic N) is 2. The average Bonchev–Trinajstić information content (AvgIpc) is 3.25. The number of morpholine rings is 1. The predicted molar refractivity (Wildman–Crippen MR) is 143 cm³/mol. The second kappa shape index (κ2) is 12.4. The van der Waals surface area contributed by atoms with E-state index in [0.717, 1.165) is 55.7 Å². The van der Waals surface area contributed by atoms with E-state index < -0.39 is 5.91 Å². The van der Waals surface area contributed by atoms with Gasteiger partial charge in [0.25, 0.3) is 11.8 Å². The van der Waals surface area contributed by atoms with Crippen molar-refractivity contribution in [3.63, 3.8) is 0 Å². The number of amides is 2. The molecule has 9 heteroatoms. The van der Waals surface area contributed by atoms with Gasteiger partial charge in [-0.3, -0.25) is 14.5 Å². The monoisotopic (exact) mass is 506 g/mol. The lowest BCUT2D eigenvalue weighted by atomic mass is 10.1. The number of para-hydroxylation sites is 1. The molecule has 1 fully saturated rings. The lowest BCUT2D eigenvalue weighted by Crippen LogP contribution is -2.39. The highest BCUT2D eigenvalue weighted by atomic mass is 16.5. The fourth-order valence-electron chi connectivity index (χ4n) is 4.40. The molecular weight excluding hydrogens is 472 g/mol. The summed E-state index contributed by atoms with van der Waals surface area (Å²) in [6.45, 7) is 4.67. The molecule has 196 valence electrons. The van der Waals surface area contributed by atoms with Crippen molar-refractivity contribution in [3.8, 4) is 11.5 Å². The highest BCUT2D eigenvalue weighted by Crippen LogP contribution is 2.28. The first-order valence-electron chi connectivity index (χ1n) is 12.4. The Morgan fingerprint density at radius 3 is 2.57 bits per heavy atom. The van der Waals surface area contributed by atoms with Crippen molar-refractivity contribution in [1.82, 2.24) is 20.1 Å². The molecule has 0 atom stereocenters. The summed E-state index contributed by atoms with van der Waals surface area (Å²) < 4.78 is 18.0. The van der Waals surface area contributed by atoms with Gasteiger partial charge >= 0.3 is 0 Å². The van der Waals surface area contributed by atoms with Gasteiger partial charge in [0.15, 0.2) is 11.5 Å². The van der Waals surface area contributed by atoms with Crippen LogP contribution in [0.4, 0.5) is 0 Å². The number of methoxy groups -OCH3 is 2. The predicted octanol–water partition coefficient (Wildman–Crippen LogP) is 2.80. The van der Waals surface area contributed by atoms with E-state index in [1.807, 2.05) is 42.1 Å². The maximum absolute atomic E-state index is 13.3. The summed E-state index contributed by atoms with van der Waals surface area (Å²) in [5.41, 5.74) is 2.39. The fraction of sp³-hybridized carbons (Fsp3) is 0.357. The number of carbonyl (C=O) groups excluding carboxylic acids is 2. The van der Waals surface area contributed by atoms with E-state index in [0.29, 0.717) is 23.6 Å². The van der Waals surface area contributed by atoms with Gasteiger partial charge in [0.1, 0.15) is 5.70 Å². The molecule has 0 saturated carbocycles. The smallest absolute Gasteiger partial charge is 0.267 e. The molecule has 37 heavy (non-hydrogen) atoms. The maximum Gasteiger partial charge on any atom is 0.267 e. The molecule has 1 aliphatic rings. The van der Waals surface area contributed by atoms with Crippen LogP contribution in [0.1, 0.15) is 22.3 Å². The van der Waals surface area contributed by atoms with E-state index >= 15 is 0 Å². The van der Waals surface area contributed by atoms with Crippen LogP contribution in [0.15, 0.2) is 54.4 Å². The topological polar surface area (TPSA) is 94.1 Å². The van der Waals surface area contributed by atoms with Gasteiger partial charge in [-0.05, 0) is 43.3 Å². The summed E-state index contributed by atoms with van der Waals surface area (Å²) in [5.74, 6) is 0.186. The third-order valence-electron chi connectivity index (χ3n) is 6.41. The number of benzene rings is 2. The average molecular weight is 507 g/mol. The molecule has 2 amide bonds. The first-order valence-corrected chi connectivity index (χ1v) is 12.4. The van der Waals surface area contributed by atoms with Crippen molar-refractivity contribution in [1.29, 1.82) is 0 Å². The van der Waals surface area contributed by atoms with E-state index in [1.165, 1.54) is 14.2 Å². The Hall–Kier alpha value is -3.82. The third kappa shape index (κ3) is 6.49. The van der Waals surface area contributed by atoms with Crippen LogP contribution in [0, 0.1) is 0 Å². The summed E-state index contributed by atoms with van der Waals surface area (Å²) in [4.78, 5) is 28.7. The number of aromatic nitrogens is 1. The number of hydrogen-bond acceptors (Lipinski definition) is 6. The molecule has 0 radical (unpaired) electrons. The van der Waals surface area contributed by atoms with Crippen LogP contribution < -0.4 is 20.1 Å². The molecule has 1 aromatic heterocycles. The maximum atomic E-state index is 13.3. The van der Waals surface area contributed by atoms with E-state index in [1.54, 1.807) is 24.3 Å². The van der Waals surface area contributed by atoms with Crippen molar-refractivity contribution in [2.45, 2.75) is 6.42 Å². The molecule has 1 aliphatic heterocycles. The van der Waals surface area contributed by atoms with Crippen molar-refractivity contribution >= 4 is 28.8 Å². The van der Waals surface area contributed by atoms with Crippen LogP contribution in [0.5, 0.6) is 11.5 Å². The van der Waals surface area contributed by atoms with Crippen LogP contribution >= 0.6 is 0 Å². The molecule has 0 aliphatic carbocycles. The van der Waals surface area contributed by atoms with Crippen LogP contribution in [0.2, 0.25) is 0 Å². The second-order valence-corrected chi connectivity index (χ2v) is 8.86. The van der Waals surface area contributed by atoms with E-state index in [-0.39, 0.29) is 11.6 Å². The van der Waals surface area contributed by atoms with Crippen molar-refractivity contribution < 1.29 is 23.8 Å². The largest absolute Gasteiger partial charge is 0.493 e. The van der Waals surface area contributed by atoms with Gasteiger partial charge in [-0.1, -0.05) is 18.2 Å². The van der Waals surface area contributed by atoms with Gasteiger partial charge < -0.3 is 29.4 Å². The van der Waals surface area contributed by atoms with Gasteiger partial charge in [0, 0.05) is 54.9 Å². The minimum atomic E-state index is -0.420. The molecule has 2 aromatic carbocycles. The summed E-state index contributed by atoms with van der Waals surface area (Å²) in [6, 6.07) is 12.8. The number of hydrogen-bond donors (Lipinski definition) is 2. The van der Waals surface area contributed by atoms with Gasteiger partial charge in [0.05, 0.1) is 27.4 Å². The quantitative estimate of drug-likeness (QED) is 0.325. The molecule has 9 nitrogen and oxygen atoms in total. The third-order valence-corrected chi connectivity index (χ3v) is 6.41. The zero-order valence-corrected chi connectivity index (χ0v) is 21.6. The van der Waals surface area contributed by atoms with Gasteiger partial charge in [0.2, 0.25) is 0 Å². The Labute approximate surface area is 217 Å². The highest BCUT2D eigenvalue weighted by molar-refractivity contribution is 6.06. The minimum Gasteiger partial charge on any atom is -0.493 e. The second-order valence-electron chi connectivity index (χ2n) is 8.86. The molecule has 0 bridgehead atoms. The molecule has 0 unspecified atom stereocenters. The zero-order chi connectivity index (χ0) is 26.2. The van der Waals surface area contributed by atoms with Gasteiger partial charge in [-0.2, -0.15) is 0 Å². The summed E-state index contributed by atoms with van der Waals surface area (Å²) >= 11 is 0. The van der Waals surface area contributed by atoms with E-state index in [9.17, 15) is 9.59 Å². The molecule has 2 heterocycles. The molecule has 3 aromatic rings. The molecule has 0 spiro atoms. The Kier molecular flexibility index (Phi) is 8.81. The Morgan fingerprint density at radius 1 is 1.05 bits per heavy atom. The standard InChI is InChI=1S/C28H34N4O5/c1-31-19-21(22-7-4-5-8-24(22)31)17-23(28(34)29-11-6-12-32-13-15-37-16-14-32)30-27(33)20-9-10-25(35-2)26(18-20)36-3/h4-5,7-10,17-19H,6,11-16H2,1-3H3,(H,29,34)(H,30,33)/b23-17+. The fourth-order valence-corrected chi connectivity index (χ4v) is 4.40. The molecule has 4 rings (SSSR count). The number of carbonyl (C=O) groups is 2. The minimum absolute atomic E-state index is 0.169. The van der Waals surface area contributed by atoms with E-state index in [2.05, 4.69) is 15.5 Å². The molecular formula is C28H34N4O5. The Bertz CT molecular complexity index is 1280. The van der Waals surface area contributed by atoms with Crippen LogP contribution in [0.3, 0.4) is 0 Å². The Balaban J connectivity index is 1.53. The lowest BCUT2D eigenvalue weighted by molar-refractivity contribution is -0.117. The van der Waals surface area contributed by atoms with Crippen molar-refractivity contribution in [2.24, 2.45) is 7.05 Å². The number of nitrogens with one attached hydrogen (secondary N) is 2. The van der Waals surface area contributed by atoms with Gasteiger partial charge in [-0.15, -0.1) is 0 Å². The first kappa shape index (κ1) is 26.2. The Morgan fingerprint density at radius 2 is 1.81 bits per heavy atom. The van der Waals surface area contributed by atoms with Crippen LogP contribution in [0.25, 0.3) is 17.0 Å². The molecule has 1 saturated heterocycles.